The zero-order valence-corrected chi connectivity index (χ0v) is 12.7. The summed E-state index contributed by atoms with van der Waals surface area (Å²) in [5.74, 6) is -0.623. The Morgan fingerprint density at radius 3 is 2.52 bits per heavy atom. The van der Waals surface area contributed by atoms with Gasteiger partial charge < -0.3 is 10.6 Å². The van der Waals surface area contributed by atoms with Crippen LogP contribution in [0.2, 0.25) is 10.0 Å². The Kier molecular flexibility index (Phi) is 5.04. The van der Waals surface area contributed by atoms with Crippen LogP contribution in [0.15, 0.2) is 36.4 Å². The van der Waals surface area contributed by atoms with E-state index in [0.717, 1.165) is 11.3 Å². The maximum atomic E-state index is 13.1. The van der Waals surface area contributed by atoms with Gasteiger partial charge in [0.2, 0.25) is 5.91 Å². The van der Waals surface area contributed by atoms with E-state index in [4.69, 9.17) is 23.2 Å². The van der Waals surface area contributed by atoms with Gasteiger partial charge in [-0.1, -0.05) is 29.3 Å². The molecule has 2 aromatic rings. The lowest BCUT2D eigenvalue weighted by molar-refractivity contribution is -0.114. The van der Waals surface area contributed by atoms with Gasteiger partial charge in [-0.15, -0.1) is 0 Å². The van der Waals surface area contributed by atoms with Crippen molar-refractivity contribution in [3.63, 3.8) is 0 Å². The first-order valence-electron chi connectivity index (χ1n) is 6.20. The van der Waals surface area contributed by atoms with Crippen molar-refractivity contribution < 1.29 is 9.18 Å². The van der Waals surface area contributed by atoms with E-state index in [1.165, 1.54) is 13.0 Å². The quantitative estimate of drug-likeness (QED) is 0.854. The first-order valence-corrected chi connectivity index (χ1v) is 6.96. The summed E-state index contributed by atoms with van der Waals surface area (Å²) in [6, 6.07) is 9.76. The number of halogens is 3. The number of nitrogens with one attached hydrogen (secondary N) is 2. The van der Waals surface area contributed by atoms with Gasteiger partial charge in [0.15, 0.2) is 0 Å². The number of hydrogen-bond donors (Lipinski definition) is 2. The lowest BCUT2D eigenvalue weighted by atomic mass is 10.2. The van der Waals surface area contributed by atoms with Crippen LogP contribution in [0.5, 0.6) is 0 Å². The Labute approximate surface area is 132 Å². The van der Waals surface area contributed by atoms with Crippen molar-refractivity contribution in [1.29, 1.82) is 0 Å². The van der Waals surface area contributed by atoms with Crippen LogP contribution < -0.4 is 10.6 Å². The lowest BCUT2D eigenvalue weighted by Gasteiger charge is -2.10. The maximum absolute atomic E-state index is 13.1. The number of carbonyl (C=O) groups excluding carboxylic acids is 1. The van der Waals surface area contributed by atoms with Crippen LogP contribution in [-0.2, 0) is 11.3 Å². The van der Waals surface area contributed by atoms with E-state index >= 15 is 0 Å². The van der Waals surface area contributed by atoms with Crippen LogP contribution in [0.3, 0.4) is 0 Å². The van der Waals surface area contributed by atoms with Crippen LogP contribution >= 0.6 is 23.2 Å². The molecule has 0 unspecified atom stereocenters. The molecule has 0 bridgehead atoms. The van der Waals surface area contributed by atoms with Crippen LogP contribution in [0.4, 0.5) is 15.8 Å². The zero-order valence-electron chi connectivity index (χ0n) is 11.2. The summed E-state index contributed by atoms with van der Waals surface area (Å²) in [5.41, 5.74) is 2.19. The number of benzene rings is 2. The Bertz CT molecular complexity index is 677. The number of carbonyl (C=O) groups is 1. The molecule has 6 heteroatoms. The van der Waals surface area contributed by atoms with Gasteiger partial charge in [-0.25, -0.2) is 4.39 Å². The average molecular weight is 327 g/mol. The van der Waals surface area contributed by atoms with Crippen LogP contribution in [0.25, 0.3) is 0 Å². The maximum Gasteiger partial charge on any atom is 0.221 e. The molecule has 0 saturated carbocycles. The number of amides is 1. The molecule has 0 saturated heterocycles. The summed E-state index contributed by atoms with van der Waals surface area (Å²) in [6.07, 6.45) is 0. The van der Waals surface area contributed by atoms with Crippen LogP contribution in [0, 0.1) is 5.82 Å². The van der Waals surface area contributed by atoms with Crippen molar-refractivity contribution in [2.24, 2.45) is 0 Å². The molecule has 110 valence electrons. The monoisotopic (exact) mass is 326 g/mol. The largest absolute Gasteiger partial charge is 0.381 e. The molecule has 21 heavy (non-hydrogen) atoms. The highest BCUT2D eigenvalue weighted by Crippen LogP contribution is 2.26. The van der Waals surface area contributed by atoms with Gasteiger partial charge in [0.05, 0.1) is 15.7 Å². The molecule has 0 radical (unpaired) electrons. The van der Waals surface area contributed by atoms with Gasteiger partial charge in [0.25, 0.3) is 0 Å². The highest BCUT2D eigenvalue weighted by atomic mass is 35.5. The van der Waals surface area contributed by atoms with E-state index in [-0.39, 0.29) is 10.9 Å². The van der Waals surface area contributed by atoms with Crippen LogP contribution in [-0.4, -0.2) is 5.91 Å². The molecule has 0 aliphatic carbocycles. The predicted octanol–water partition coefficient (Wildman–Crippen LogP) is 4.70. The Morgan fingerprint density at radius 1 is 1.14 bits per heavy atom. The third-order valence-electron chi connectivity index (χ3n) is 2.76. The number of hydrogen-bond acceptors (Lipinski definition) is 2. The molecule has 2 rings (SSSR count). The summed E-state index contributed by atoms with van der Waals surface area (Å²) in [7, 11) is 0. The van der Waals surface area contributed by atoms with E-state index in [0.29, 0.717) is 17.3 Å². The summed E-state index contributed by atoms with van der Waals surface area (Å²) in [5, 5.41) is 6.31. The second-order valence-corrected chi connectivity index (χ2v) is 5.29. The first-order chi connectivity index (χ1) is 9.95. The minimum absolute atomic E-state index is 0.0911. The number of rotatable bonds is 4. The molecule has 0 fully saturated rings. The number of anilines is 2. The molecular formula is C15H13Cl2FN2O. The Morgan fingerprint density at radius 2 is 1.90 bits per heavy atom. The van der Waals surface area contributed by atoms with Gasteiger partial charge in [-0.3, -0.25) is 4.79 Å². The smallest absolute Gasteiger partial charge is 0.221 e. The fourth-order valence-electron chi connectivity index (χ4n) is 1.77. The average Bonchev–Trinajstić information content (AvgIpc) is 2.42. The third-order valence-corrected chi connectivity index (χ3v) is 3.36. The molecule has 0 aliphatic heterocycles. The van der Waals surface area contributed by atoms with Gasteiger partial charge >= 0.3 is 0 Å². The second kappa shape index (κ2) is 6.78. The van der Waals surface area contributed by atoms with Gasteiger partial charge in [-0.05, 0) is 35.9 Å². The minimum Gasteiger partial charge on any atom is -0.381 e. The van der Waals surface area contributed by atoms with Crippen molar-refractivity contribution in [1.82, 2.24) is 0 Å². The summed E-state index contributed by atoms with van der Waals surface area (Å²) >= 11 is 11.8. The van der Waals surface area contributed by atoms with E-state index in [2.05, 4.69) is 10.6 Å². The summed E-state index contributed by atoms with van der Waals surface area (Å²) < 4.78 is 13.1. The molecule has 0 spiro atoms. The fraction of sp³-hybridized carbons (Fsp3) is 0.133. The molecule has 0 atom stereocenters. The van der Waals surface area contributed by atoms with Gasteiger partial charge in [-0.2, -0.15) is 0 Å². The molecule has 1 amide bonds. The van der Waals surface area contributed by atoms with E-state index in [1.54, 1.807) is 30.3 Å². The van der Waals surface area contributed by atoms with Gasteiger partial charge in [0.1, 0.15) is 5.82 Å². The van der Waals surface area contributed by atoms with Crippen molar-refractivity contribution in [3.8, 4) is 0 Å². The molecule has 2 aromatic carbocycles. The standard InChI is InChI=1S/C15H13Cl2FN2O/c1-9(21)20-15-5-3-11(7-13(15)17)19-8-10-2-4-14(18)12(16)6-10/h2-7,19H,8H2,1H3,(H,20,21). The van der Waals surface area contributed by atoms with E-state index in [1.807, 2.05) is 0 Å². The first kappa shape index (κ1) is 15.6. The van der Waals surface area contributed by atoms with Crippen molar-refractivity contribution in [2.45, 2.75) is 13.5 Å². The van der Waals surface area contributed by atoms with Crippen molar-refractivity contribution in [3.05, 3.63) is 57.8 Å². The summed E-state index contributed by atoms with van der Waals surface area (Å²) in [6.45, 7) is 1.90. The van der Waals surface area contributed by atoms with E-state index < -0.39 is 5.82 Å². The zero-order chi connectivity index (χ0) is 15.4. The topological polar surface area (TPSA) is 41.1 Å². The molecule has 0 heterocycles. The molecule has 0 aromatic heterocycles. The molecule has 3 nitrogen and oxygen atoms in total. The SMILES string of the molecule is CC(=O)Nc1ccc(NCc2ccc(F)c(Cl)c2)cc1Cl. The Balaban J connectivity index is 2.04. The van der Waals surface area contributed by atoms with Crippen molar-refractivity contribution in [2.75, 3.05) is 10.6 Å². The Hall–Kier alpha value is -1.78. The predicted molar refractivity (Wildman–Crippen MR) is 84.5 cm³/mol. The van der Waals surface area contributed by atoms with E-state index in [9.17, 15) is 9.18 Å². The highest BCUT2D eigenvalue weighted by molar-refractivity contribution is 6.34. The minimum atomic E-state index is -0.442. The third kappa shape index (κ3) is 4.34. The lowest BCUT2D eigenvalue weighted by Crippen LogP contribution is -2.06. The normalized spacial score (nSPS) is 10.3. The van der Waals surface area contributed by atoms with Crippen molar-refractivity contribution >= 4 is 40.5 Å². The molecule has 2 N–H and O–H groups in total. The van der Waals surface area contributed by atoms with Gasteiger partial charge in [0, 0.05) is 19.2 Å². The fourth-order valence-corrected chi connectivity index (χ4v) is 2.20. The highest BCUT2D eigenvalue weighted by Gasteiger charge is 2.04. The molecule has 0 aliphatic rings. The summed E-state index contributed by atoms with van der Waals surface area (Å²) in [4.78, 5) is 11.0. The second-order valence-electron chi connectivity index (χ2n) is 4.48. The molecular weight excluding hydrogens is 314 g/mol. The van der Waals surface area contributed by atoms with Crippen LogP contribution in [0.1, 0.15) is 12.5 Å².